The Bertz CT molecular complexity index is 222. The molecule has 2 heterocycles. The predicted octanol–water partition coefficient (Wildman–Crippen LogP) is 1.08. The fraction of sp³-hybridized carbons (Fsp3) is 0.750. The molecule has 0 aromatic carbocycles. The van der Waals surface area contributed by atoms with Crippen molar-refractivity contribution < 1.29 is 9.59 Å². The highest BCUT2D eigenvalue weighted by atomic mass is 32.2. The molecule has 4 nitrogen and oxygen atoms in total. The second-order valence-corrected chi connectivity index (χ2v) is 4.20. The predicted molar refractivity (Wildman–Crippen MR) is 50.1 cm³/mol. The van der Waals surface area contributed by atoms with Crippen molar-refractivity contribution in [2.45, 2.75) is 19.3 Å². The Labute approximate surface area is 81.2 Å². The van der Waals surface area contributed by atoms with Gasteiger partial charge < -0.3 is 0 Å². The maximum Gasteiger partial charge on any atom is 0.303 e. The summed E-state index contributed by atoms with van der Waals surface area (Å²) in [5.41, 5.74) is 0. The molecule has 5 heteroatoms. The zero-order chi connectivity index (χ0) is 9.26. The first-order valence-electron chi connectivity index (χ1n) is 4.53. The van der Waals surface area contributed by atoms with Crippen LogP contribution < -0.4 is 0 Å². The number of thioether (sulfide) groups is 1. The van der Waals surface area contributed by atoms with Crippen LogP contribution in [0.4, 0.5) is 4.79 Å². The van der Waals surface area contributed by atoms with E-state index < -0.39 is 0 Å². The van der Waals surface area contributed by atoms with Gasteiger partial charge in [-0.2, -0.15) is 5.01 Å². The maximum absolute atomic E-state index is 11.3. The summed E-state index contributed by atoms with van der Waals surface area (Å²) in [6, 6.07) is 0. The number of carbonyl (C=O) groups excluding carboxylic acids is 2. The molecule has 2 aliphatic rings. The average molecular weight is 200 g/mol. The second kappa shape index (κ2) is 3.67. The third kappa shape index (κ3) is 1.71. The lowest BCUT2D eigenvalue weighted by Crippen LogP contribution is -2.47. The van der Waals surface area contributed by atoms with Gasteiger partial charge in [0.2, 0.25) is 0 Å². The molecule has 0 aliphatic carbocycles. The van der Waals surface area contributed by atoms with E-state index in [2.05, 4.69) is 0 Å². The molecule has 0 bridgehead atoms. The molecule has 0 atom stereocenters. The quantitative estimate of drug-likeness (QED) is 0.635. The fourth-order valence-corrected chi connectivity index (χ4v) is 2.41. The van der Waals surface area contributed by atoms with Crippen molar-refractivity contribution in [1.82, 2.24) is 10.0 Å². The van der Waals surface area contributed by atoms with Gasteiger partial charge >= 0.3 is 5.24 Å². The van der Waals surface area contributed by atoms with E-state index in [4.69, 9.17) is 0 Å². The molecule has 0 saturated carbocycles. The highest BCUT2D eigenvalue weighted by Gasteiger charge is 2.35. The number of hydrogen-bond acceptors (Lipinski definition) is 4. The van der Waals surface area contributed by atoms with Crippen molar-refractivity contribution in [3.63, 3.8) is 0 Å². The Morgan fingerprint density at radius 2 is 1.77 bits per heavy atom. The van der Waals surface area contributed by atoms with Crippen LogP contribution >= 0.6 is 11.8 Å². The van der Waals surface area contributed by atoms with E-state index >= 15 is 0 Å². The van der Waals surface area contributed by atoms with Crippen LogP contribution in [0.25, 0.3) is 0 Å². The third-order valence-electron chi connectivity index (χ3n) is 2.34. The van der Waals surface area contributed by atoms with Crippen molar-refractivity contribution >= 4 is 22.9 Å². The molecule has 72 valence electrons. The van der Waals surface area contributed by atoms with Crippen molar-refractivity contribution in [2.24, 2.45) is 0 Å². The van der Waals surface area contributed by atoms with Crippen LogP contribution in [0.3, 0.4) is 0 Å². The van der Waals surface area contributed by atoms with Crippen LogP contribution in [0.15, 0.2) is 0 Å². The first kappa shape index (κ1) is 9.02. The van der Waals surface area contributed by atoms with Crippen molar-refractivity contribution in [3.8, 4) is 0 Å². The molecule has 13 heavy (non-hydrogen) atoms. The number of amides is 2. The van der Waals surface area contributed by atoms with Gasteiger partial charge in [-0.1, -0.05) is 18.2 Å². The summed E-state index contributed by atoms with van der Waals surface area (Å²) < 4.78 is 0. The minimum Gasteiger partial charge on any atom is -0.272 e. The summed E-state index contributed by atoms with van der Waals surface area (Å²) in [6.07, 6.45) is 3.38. The van der Waals surface area contributed by atoms with Crippen LogP contribution in [0, 0.1) is 0 Å². The van der Waals surface area contributed by atoms with E-state index in [1.54, 1.807) is 0 Å². The highest BCUT2D eigenvalue weighted by Crippen LogP contribution is 2.23. The Hall–Kier alpha value is -0.550. The average Bonchev–Trinajstić information content (AvgIpc) is 2.48. The van der Waals surface area contributed by atoms with Gasteiger partial charge in [0.15, 0.2) is 0 Å². The molecule has 0 aromatic heterocycles. The minimum atomic E-state index is -0.105. The number of imide groups is 1. The molecule has 0 N–H and O–H groups in total. The normalized spacial score (nSPS) is 25.7. The smallest absolute Gasteiger partial charge is 0.272 e. The van der Waals surface area contributed by atoms with E-state index in [1.807, 2.05) is 5.01 Å². The van der Waals surface area contributed by atoms with Gasteiger partial charge in [-0.15, -0.1) is 0 Å². The van der Waals surface area contributed by atoms with E-state index in [0.29, 0.717) is 5.75 Å². The van der Waals surface area contributed by atoms with Gasteiger partial charge in [-0.05, 0) is 12.8 Å². The maximum atomic E-state index is 11.3. The molecule has 0 spiro atoms. The molecule has 2 aliphatic heterocycles. The van der Waals surface area contributed by atoms with E-state index in [-0.39, 0.29) is 11.1 Å². The van der Waals surface area contributed by atoms with Gasteiger partial charge in [0.1, 0.15) is 0 Å². The number of hydrazine groups is 1. The summed E-state index contributed by atoms with van der Waals surface area (Å²) in [6.45, 7) is 1.69. The SMILES string of the molecule is O=C1CSC(=O)N1N1CCCCC1. The Morgan fingerprint density at radius 1 is 1.08 bits per heavy atom. The lowest BCUT2D eigenvalue weighted by atomic mass is 10.2. The summed E-state index contributed by atoms with van der Waals surface area (Å²) in [4.78, 5) is 22.6. The van der Waals surface area contributed by atoms with Crippen LogP contribution in [0.1, 0.15) is 19.3 Å². The largest absolute Gasteiger partial charge is 0.303 e. The first-order valence-corrected chi connectivity index (χ1v) is 5.52. The van der Waals surface area contributed by atoms with Gasteiger partial charge in [-0.3, -0.25) is 9.59 Å². The summed E-state index contributed by atoms with van der Waals surface area (Å²) in [5, 5.41) is 3.10. The van der Waals surface area contributed by atoms with Crippen molar-refractivity contribution in [3.05, 3.63) is 0 Å². The van der Waals surface area contributed by atoms with Crippen LogP contribution in [0.5, 0.6) is 0 Å². The topological polar surface area (TPSA) is 40.6 Å². The third-order valence-corrected chi connectivity index (χ3v) is 3.15. The summed E-state index contributed by atoms with van der Waals surface area (Å²) in [7, 11) is 0. The number of carbonyl (C=O) groups is 2. The van der Waals surface area contributed by atoms with Gasteiger partial charge in [0, 0.05) is 13.1 Å². The second-order valence-electron chi connectivity index (χ2n) is 3.27. The van der Waals surface area contributed by atoms with Gasteiger partial charge in [0.25, 0.3) is 5.91 Å². The van der Waals surface area contributed by atoms with E-state index in [9.17, 15) is 9.59 Å². The van der Waals surface area contributed by atoms with Crippen molar-refractivity contribution in [1.29, 1.82) is 0 Å². The molecular weight excluding hydrogens is 188 g/mol. The van der Waals surface area contributed by atoms with E-state index in [1.165, 1.54) is 11.4 Å². The minimum absolute atomic E-state index is 0.0584. The first-order chi connectivity index (χ1) is 6.29. The van der Waals surface area contributed by atoms with Crippen molar-refractivity contribution in [2.75, 3.05) is 18.8 Å². The number of nitrogens with zero attached hydrogens (tertiary/aromatic N) is 2. The number of rotatable bonds is 1. The van der Waals surface area contributed by atoms with Gasteiger partial charge in [0.05, 0.1) is 5.75 Å². The number of piperidine rings is 1. The Balaban J connectivity index is 2.05. The molecule has 2 amide bonds. The van der Waals surface area contributed by atoms with Crippen LogP contribution in [0.2, 0.25) is 0 Å². The molecule has 0 radical (unpaired) electrons. The summed E-state index contributed by atoms with van der Waals surface area (Å²) in [5.74, 6) is 0.256. The fourth-order valence-electron chi connectivity index (χ4n) is 1.70. The summed E-state index contributed by atoms with van der Waals surface area (Å²) >= 11 is 1.10. The molecular formula is C8H12N2O2S. The monoisotopic (exact) mass is 200 g/mol. The molecule has 0 aromatic rings. The van der Waals surface area contributed by atoms with Crippen LogP contribution in [-0.2, 0) is 4.79 Å². The highest BCUT2D eigenvalue weighted by molar-refractivity contribution is 8.14. The molecule has 2 rings (SSSR count). The lowest BCUT2D eigenvalue weighted by Gasteiger charge is -2.32. The standard InChI is InChI=1S/C8H12N2O2S/c11-7-6-13-8(12)10(7)9-4-2-1-3-5-9/h1-6H2. The van der Waals surface area contributed by atoms with Crippen LogP contribution in [-0.4, -0.2) is 40.0 Å². The number of hydrogen-bond donors (Lipinski definition) is 0. The zero-order valence-corrected chi connectivity index (χ0v) is 8.18. The van der Waals surface area contributed by atoms with E-state index in [0.717, 1.165) is 37.7 Å². The Morgan fingerprint density at radius 3 is 2.31 bits per heavy atom. The zero-order valence-electron chi connectivity index (χ0n) is 7.36. The Kier molecular flexibility index (Phi) is 2.55. The molecule has 0 unspecified atom stereocenters. The lowest BCUT2D eigenvalue weighted by molar-refractivity contribution is -0.137. The van der Waals surface area contributed by atoms with Gasteiger partial charge in [-0.25, -0.2) is 5.01 Å². The molecule has 2 fully saturated rings. The molecule has 2 saturated heterocycles.